The molecular formula is C21H42. The molecule has 0 atom stereocenters. The van der Waals surface area contributed by atoms with Gasteiger partial charge in [0.05, 0.1) is 0 Å². The molecule has 0 N–H and O–H groups in total. The molecule has 0 unspecified atom stereocenters. The highest BCUT2D eigenvalue weighted by atomic mass is 14.1. The van der Waals surface area contributed by atoms with Gasteiger partial charge >= 0.3 is 0 Å². The molecule has 0 saturated heterocycles. The molecule has 0 saturated carbocycles. The predicted octanol–water partition coefficient (Wildman–Crippen LogP) is 8.07. The Hall–Kier alpha value is -0.260. The Balaban J connectivity index is 3.31. The van der Waals surface area contributed by atoms with E-state index in [1.165, 1.54) is 103 Å². The van der Waals surface area contributed by atoms with E-state index in [0.717, 1.165) is 5.92 Å². The minimum absolute atomic E-state index is 0.788. The minimum atomic E-state index is 0.788. The maximum Gasteiger partial charge on any atom is -0.0236 e. The highest BCUT2D eigenvalue weighted by Crippen LogP contribution is 2.20. The quantitative estimate of drug-likeness (QED) is 0.188. The van der Waals surface area contributed by atoms with Gasteiger partial charge in [-0.3, -0.25) is 0 Å². The minimum Gasteiger partial charge on any atom is -0.103 e. The molecule has 0 aromatic heterocycles. The first-order valence-corrected chi connectivity index (χ1v) is 9.97. The maximum absolute atomic E-state index is 4.04. The van der Waals surface area contributed by atoms with Crippen molar-refractivity contribution in [1.82, 2.24) is 0 Å². The van der Waals surface area contributed by atoms with E-state index >= 15 is 0 Å². The number of hydrogen-bond donors (Lipinski definition) is 0. The average Bonchev–Trinajstić information content (AvgIpc) is 2.51. The highest BCUT2D eigenvalue weighted by Gasteiger charge is 2.04. The van der Waals surface area contributed by atoms with Gasteiger partial charge in [-0.15, -0.1) is 6.58 Å². The third kappa shape index (κ3) is 15.9. The van der Waals surface area contributed by atoms with Crippen LogP contribution in [0.15, 0.2) is 12.7 Å². The van der Waals surface area contributed by atoms with Gasteiger partial charge in [0.1, 0.15) is 0 Å². The van der Waals surface area contributed by atoms with Crippen LogP contribution in [0.1, 0.15) is 117 Å². The summed E-state index contributed by atoms with van der Waals surface area (Å²) >= 11 is 0. The molecule has 0 aliphatic rings. The van der Waals surface area contributed by atoms with Gasteiger partial charge in [-0.1, -0.05) is 110 Å². The fourth-order valence-corrected chi connectivity index (χ4v) is 3.11. The van der Waals surface area contributed by atoms with Crippen LogP contribution < -0.4 is 0 Å². The van der Waals surface area contributed by atoms with Gasteiger partial charge < -0.3 is 0 Å². The summed E-state index contributed by atoms with van der Waals surface area (Å²) in [4.78, 5) is 0. The van der Waals surface area contributed by atoms with Crippen molar-refractivity contribution < 1.29 is 0 Å². The van der Waals surface area contributed by atoms with E-state index in [9.17, 15) is 0 Å². The van der Waals surface area contributed by atoms with Crippen LogP contribution in [0.25, 0.3) is 0 Å². The molecule has 0 nitrogen and oxygen atoms in total. The van der Waals surface area contributed by atoms with Crippen LogP contribution in [0.2, 0.25) is 0 Å². The van der Waals surface area contributed by atoms with Gasteiger partial charge in [-0.05, 0) is 18.8 Å². The lowest BCUT2D eigenvalue weighted by atomic mass is 9.94. The number of rotatable bonds is 17. The fraction of sp³-hybridized carbons (Fsp3) is 0.905. The Morgan fingerprint density at radius 2 is 0.905 bits per heavy atom. The molecule has 0 radical (unpaired) electrons. The number of unbranched alkanes of at least 4 members (excludes halogenated alkanes) is 12. The smallest absolute Gasteiger partial charge is 0.0236 e. The van der Waals surface area contributed by atoms with Crippen LogP contribution in [0.3, 0.4) is 0 Å². The topological polar surface area (TPSA) is 0 Å². The lowest BCUT2D eigenvalue weighted by molar-refractivity contribution is 0.464. The molecule has 126 valence electrons. The van der Waals surface area contributed by atoms with Crippen LogP contribution in [-0.2, 0) is 0 Å². The molecule has 0 rings (SSSR count). The Kier molecular flexibility index (Phi) is 17.6. The highest BCUT2D eigenvalue weighted by molar-refractivity contribution is 4.78. The van der Waals surface area contributed by atoms with Crippen LogP contribution >= 0.6 is 0 Å². The zero-order valence-corrected chi connectivity index (χ0v) is 15.2. The van der Waals surface area contributed by atoms with Crippen molar-refractivity contribution in [3.05, 3.63) is 12.7 Å². The summed E-state index contributed by atoms with van der Waals surface area (Å²) < 4.78 is 0. The predicted molar refractivity (Wildman–Crippen MR) is 98.9 cm³/mol. The molecule has 0 aromatic carbocycles. The summed E-state index contributed by atoms with van der Waals surface area (Å²) in [6.45, 7) is 8.62. The van der Waals surface area contributed by atoms with Crippen molar-refractivity contribution in [2.45, 2.75) is 117 Å². The van der Waals surface area contributed by atoms with Crippen LogP contribution in [0.4, 0.5) is 0 Å². The van der Waals surface area contributed by atoms with Gasteiger partial charge in [0, 0.05) is 0 Å². The van der Waals surface area contributed by atoms with E-state index < -0.39 is 0 Å². The molecule has 0 aromatic rings. The summed E-state index contributed by atoms with van der Waals surface area (Å²) in [5.74, 6) is 0.788. The molecule has 0 aliphatic heterocycles. The SMILES string of the molecule is C=CC(CCCCCCCCC)CCCCCCCCC. The van der Waals surface area contributed by atoms with E-state index in [1.54, 1.807) is 0 Å². The van der Waals surface area contributed by atoms with Gasteiger partial charge in [0.25, 0.3) is 0 Å². The van der Waals surface area contributed by atoms with Crippen molar-refractivity contribution in [3.63, 3.8) is 0 Å². The van der Waals surface area contributed by atoms with Crippen LogP contribution in [0, 0.1) is 5.92 Å². The average molecular weight is 295 g/mol. The van der Waals surface area contributed by atoms with E-state index in [1.807, 2.05) is 0 Å². The monoisotopic (exact) mass is 294 g/mol. The molecule has 21 heavy (non-hydrogen) atoms. The standard InChI is InChI=1S/C21H42/c1-4-7-9-11-13-15-17-19-21(6-3)20-18-16-14-12-10-8-5-2/h6,21H,3-5,7-20H2,1-2H3. The normalized spacial score (nSPS) is 11.2. The van der Waals surface area contributed by atoms with Crippen LogP contribution in [-0.4, -0.2) is 0 Å². The lowest BCUT2D eigenvalue weighted by Crippen LogP contribution is -1.96. The molecule has 0 bridgehead atoms. The largest absolute Gasteiger partial charge is 0.103 e. The van der Waals surface area contributed by atoms with E-state index in [4.69, 9.17) is 0 Å². The first kappa shape index (κ1) is 20.7. The van der Waals surface area contributed by atoms with Gasteiger partial charge in [0.2, 0.25) is 0 Å². The number of allylic oxidation sites excluding steroid dienone is 1. The molecule has 0 heteroatoms. The second-order valence-electron chi connectivity index (χ2n) is 6.82. The molecule has 0 fully saturated rings. The van der Waals surface area contributed by atoms with Crippen molar-refractivity contribution in [3.8, 4) is 0 Å². The summed E-state index contributed by atoms with van der Waals surface area (Å²) in [5.41, 5.74) is 0. The Morgan fingerprint density at radius 1 is 0.571 bits per heavy atom. The third-order valence-electron chi connectivity index (χ3n) is 4.69. The van der Waals surface area contributed by atoms with Gasteiger partial charge in [-0.2, -0.15) is 0 Å². The Labute approximate surface area is 135 Å². The summed E-state index contributed by atoms with van der Waals surface area (Å²) in [6, 6.07) is 0. The van der Waals surface area contributed by atoms with Crippen molar-refractivity contribution in [2.75, 3.05) is 0 Å². The third-order valence-corrected chi connectivity index (χ3v) is 4.69. The first-order valence-electron chi connectivity index (χ1n) is 9.97. The summed E-state index contributed by atoms with van der Waals surface area (Å²) in [6.07, 6.45) is 24.9. The van der Waals surface area contributed by atoms with Crippen molar-refractivity contribution in [2.24, 2.45) is 5.92 Å². The molecule has 0 heterocycles. The Bertz CT molecular complexity index is 176. The van der Waals surface area contributed by atoms with E-state index in [2.05, 4.69) is 26.5 Å². The van der Waals surface area contributed by atoms with Crippen molar-refractivity contribution >= 4 is 0 Å². The first-order chi connectivity index (χ1) is 10.3. The zero-order valence-electron chi connectivity index (χ0n) is 15.2. The molecule has 0 spiro atoms. The lowest BCUT2D eigenvalue weighted by Gasteiger charge is -2.12. The fourth-order valence-electron chi connectivity index (χ4n) is 3.11. The maximum atomic E-state index is 4.04. The molecule has 0 amide bonds. The van der Waals surface area contributed by atoms with Crippen molar-refractivity contribution in [1.29, 1.82) is 0 Å². The summed E-state index contributed by atoms with van der Waals surface area (Å²) in [5, 5.41) is 0. The second kappa shape index (κ2) is 17.8. The van der Waals surface area contributed by atoms with Gasteiger partial charge in [0.15, 0.2) is 0 Å². The van der Waals surface area contributed by atoms with E-state index in [-0.39, 0.29) is 0 Å². The van der Waals surface area contributed by atoms with E-state index in [0.29, 0.717) is 0 Å². The van der Waals surface area contributed by atoms with Crippen LogP contribution in [0.5, 0.6) is 0 Å². The molecule has 0 aliphatic carbocycles. The van der Waals surface area contributed by atoms with Gasteiger partial charge in [-0.25, -0.2) is 0 Å². The Morgan fingerprint density at radius 3 is 1.24 bits per heavy atom. The number of hydrogen-bond acceptors (Lipinski definition) is 0. The zero-order chi connectivity index (χ0) is 15.6. The second-order valence-corrected chi connectivity index (χ2v) is 6.82. The molecular weight excluding hydrogens is 252 g/mol. The summed E-state index contributed by atoms with van der Waals surface area (Å²) in [7, 11) is 0.